The molecule has 0 aromatic rings. The summed E-state index contributed by atoms with van der Waals surface area (Å²) in [7, 11) is 0. The van der Waals surface area contributed by atoms with Gasteiger partial charge in [0.2, 0.25) is 11.8 Å². The van der Waals surface area contributed by atoms with Crippen molar-refractivity contribution < 1.29 is 129 Å². The minimum Gasteiger partial charge on any atom is -0.477 e. The quantitative estimate of drug-likeness (QED) is 0.0448. The molecule has 28 heteroatoms. The molecule has 0 aliphatic carbocycles. The summed E-state index contributed by atoms with van der Waals surface area (Å²) in [5.74, 6) is -12.4. The van der Waals surface area contributed by atoms with Gasteiger partial charge in [-0.25, -0.2) is 9.59 Å². The van der Waals surface area contributed by atoms with Gasteiger partial charge in [-0.15, -0.1) is 0 Å². The minimum absolute atomic E-state index is 0.786. The van der Waals surface area contributed by atoms with Gasteiger partial charge in [-0.1, -0.05) is 0 Å². The molecule has 17 N–H and O–H groups in total. The Morgan fingerprint density at radius 3 is 1.63 bits per heavy atom. The summed E-state index contributed by atoms with van der Waals surface area (Å²) in [6.07, 6.45) is -36.1. The molecule has 0 saturated carbocycles. The second kappa shape index (κ2) is 23.0. The number of hydrogen-bond donors (Lipinski definition) is 17. The van der Waals surface area contributed by atoms with E-state index in [0.717, 1.165) is 13.8 Å². The second-order valence-corrected chi connectivity index (χ2v) is 15.5. The smallest absolute Gasteiger partial charge is 0.364 e. The van der Waals surface area contributed by atoms with Crippen LogP contribution in [0.15, 0.2) is 0 Å². The van der Waals surface area contributed by atoms with Gasteiger partial charge in [0.15, 0.2) is 12.6 Å². The Labute approximate surface area is 358 Å². The highest BCUT2D eigenvalue weighted by Crippen LogP contribution is 2.40. The van der Waals surface area contributed by atoms with Crippen LogP contribution in [0, 0.1) is 0 Å². The van der Waals surface area contributed by atoms with Gasteiger partial charge in [0.1, 0.15) is 73.2 Å². The predicted octanol–water partition coefficient (Wildman–Crippen LogP) is -9.38. The lowest BCUT2D eigenvalue weighted by molar-refractivity contribution is -0.378. The van der Waals surface area contributed by atoms with Crippen LogP contribution in [-0.2, 0) is 52.3 Å². The molecule has 0 aromatic carbocycles. The maximum absolute atomic E-state index is 13.1. The average Bonchev–Trinajstić information content (AvgIpc) is 3.21. The van der Waals surface area contributed by atoms with E-state index < -0.39 is 191 Å². The first-order chi connectivity index (χ1) is 29.3. The summed E-state index contributed by atoms with van der Waals surface area (Å²) in [6, 6.07) is -3.52. The van der Waals surface area contributed by atoms with Gasteiger partial charge >= 0.3 is 11.9 Å². The summed E-state index contributed by atoms with van der Waals surface area (Å²) >= 11 is 0. The topological polar surface area (TPSA) is 460 Å². The van der Waals surface area contributed by atoms with Crippen molar-refractivity contribution in [1.29, 1.82) is 0 Å². The van der Waals surface area contributed by atoms with E-state index in [1.807, 2.05) is 0 Å². The Balaban J connectivity index is 2.05. The minimum atomic E-state index is -3.27. The van der Waals surface area contributed by atoms with Gasteiger partial charge in [0, 0.05) is 26.7 Å². The number of amides is 2. The van der Waals surface area contributed by atoms with Crippen LogP contribution in [0.5, 0.6) is 0 Å². The van der Waals surface area contributed by atoms with Crippen molar-refractivity contribution >= 4 is 23.8 Å². The van der Waals surface area contributed by atoms with Gasteiger partial charge in [-0.3, -0.25) is 9.59 Å². The zero-order valence-corrected chi connectivity index (χ0v) is 34.4. The highest BCUT2D eigenvalue weighted by molar-refractivity contribution is 5.77. The van der Waals surface area contributed by atoms with E-state index in [9.17, 15) is 95.8 Å². The normalized spacial score (nSPS) is 37.2. The highest BCUT2D eigenvalue weighted by atomic mass is 16.8. The Hall–Kier alpha value is -2.92. The third kappa shape index (κ3) is 12.7. The summed E-state index contributed by atoms with van der Waals surface area (Å²) in [5, 5.41) is 162. The molecule has 0 bridgehead atoms. The van der Waals surface area contributed by atoms with Gasteiger partial charge < -0.3 is 120 Å². The number of carboxylic acid groups (broad SMARTS) is 2. The molecule has 2 amide bonds. The third-order valence-corrected chi connectivity index (χ3v) is 10.7. The molecular weight excluding hydrogens is 864 g/mol. The Kier molecular flexibility index (Phi) is 19.9. The number of carboxylic acids is 2. The molecule has 3 aliphatic heterocycles. The van der Waals surface area contributed by atoms with Crippen molar-refractivity contribution in [2.45, 2.75) is 168 Å². The van der Waals surface area contributed by atoms with E-state index >= 15 is 0 Å². The van der Waals surface area contributed by atoms with Gasteiger partial charge in [0.05, 0.1) is 56.8 Å². The second-order valence-electron chi connectivity index (χ2n) is 15.5. The van der Waals surface area contributed by atoms with Gasteiger partial charge in [-0.2, -0.15) is 0 Å². The molecule has 20 atom stereocenters. The predicted molar refractivity (Wildman–Crippen MR) is 197 cm³/mol. The van der Waals surface area contributed by atoms with E-state index in [0.29, 0.717) is 0 Å². The molecule has 366 valence electrons. The van der Waals surface area contributed by atoms with Crippen LogP contribution in [0.2, 0.25) is 0 Å². The molecule has 3 fully saturated rings. The van der Waals surface area contributed by atoms with Crippen molar-refractivity contribution in [2.75, 3.05) is 26.4 Å². The van der Waals surface area contributed by atoms with E-state index in [4.69, 9.17) is 33.2 Å². The van der Waals surface area contributed by atoms with E-state index in [-0.39, 0.29) is 0 Å². The Bertz CT molecular complexity index is 1510. The molecule has 3 saturated heterocycles. The number of aliphatic hydroxyl groups excluding tert-OH is 12. The van der Waals surface area contributed by atoms with Gasteiger partial charge in [-0.05, 0) is 13.8 Å². The third-order valence-electron chi connectivity index (χ3n) is 10.7. The van der Waals surface area contributed by atoms with Gasteiger partial charge in [0.25, 0.3) is 11.6 Å². The maximum Gasteiger partial charge on any atom is 0.364 e. The summed E-state index contributed by atoms with van der Waals surface area (Å²) in [4.78, 5) is 50.3. The van der Waals surface area contributed by atoms with Crippen LogP contribution in [0.1, 0.15) is 40.5 Å². The number of carbonyl (C=O) groups is 4. The number of aliphatic carboxylic acids is 2. The van der Waals surface area contributed by atoms with Crippen LogP contribution >= 0.6 is 0 Å². The standard InChI is InChI=1S/C35H60N2O26/c1-11(18(8-39)57-12(2)30(51)52)58-31-26(50)29(24(48)19(9-40)59-31)63-35(33(55)56)6-16(45)22(37-14(4)43)28(62-35)25(49)20(10-41)60-34(32(53)54)5-15(44)21(36-13(3)42)27(61-34)23(47)17(46)7-38/h11-12,15-31,38-41,44-52H,5-10H2,1-4H3,(H,36,42)(H,37,43)(H,53,54)(H,55,56)/t11-,12?,15+,16+,17+,18?,19?,20+,21?,22?,23+,24?,25+,26?,27?,28?,29?,31?,34+,35-/m0/s1. The number of hydrogen-bond acceptors (Lipinski definition) is 24. The molecule has 28 nitrogen and oxygen atoms in total. The summed E-state index contributed by atoms with van der Waals surface area (Å²) in [6.45, 7) is 0.0862. The first kappa shape index (κ1) is 54.4. The lowest BCUT2D eigenvalue weighted by atomic mass is 9.87. The van der Waals surface area contributed by atoms with Crippen molar-refractivity contribution in [2.24, 2.45) is 0 Å². The van der Waals surface area contributed by atoms with Crippen LogP contribution in [0.4, 0.5) is 0 Å². The molecule has 3 heterocycles. The first-order valence-corrected chi connectivity index (χ1v) is 19.6. The fourth-order valence-electron chi connectivity index (χ4n) is 7.31. The highest BCUT2D eigenvalue weighted by Gasteiger charge is 2.62. The SMILES string of the molecule is CC(=O)NC1C([C@H](O)[C@H](O)CO)O[C@@](O[C@H](CO)[C@@H](O)C2O[C@@](OC3C(O)C(CO)OC(O[C@@H](C)C(CO)OC(C)C(O)O)C3O)(C(=O)O)C[C@@H](O)C2NC(C)=O)(C(=O)O)C[C@H]1O. The fourth-order valence-corrected chi connectivity index (χ4v) is 7.31. The Morgan fingerprint density at radius 2 is 1.19 bits per heavy atom. The maximum atomic E-state index is 13.1. The van der Waals surface area contributed by atoms with Crippen molar-refractivity contribution in [3.63, 3.8) is 0 Å². The van der Waals surface area contributed by atoms with E-state index in [2.05, 4.69) is 10.6 Å². The molecule has 11 unspecified atom stereocenters. The molecule has 0 aromatic heterocycles. The monoisotopic (exact) mass is 924 g/mol. The lowest BCUT2D eigenvalue weighted by Gasteiger charge is -2.51. The molecule has 0 radical (unpaired) electrons. The molecular formula is C35H60N2O26. The molecule has 3 aliphatic rings. The molecule has 0 spiro atoms. The number of ether oxygens (including phenoxy) is 7. The largest absolute Gasteiger partial charge is 0.477 e. The molecule has 63 heavy (non-hydrogen) atoms. The number of carbonyl (C=O) groups excluding carboxylic acids is 2. The Morgan fingerprint density at radius 1 is 0.698 bits per heavy atom. The van der Waals surface area contributed by atoms with Crippen molar-refractivity contribution in [1.82, 2.24) is 10.6 Å². The first-order valence-electron chi connectivity index (χ1n) is 19.6. The van der Waals surface area contributed by atoms with E-state index in [1.54, 1.807) is 0 Å². The zero-order chi connectivity index (χ0) is 47.9. The lowest BCUT2D eigenvalue weighted by Crippen LogP contribution is -2.71. The van der Waals surface area contributed by atoms with Crippen LogP contribution < -0.4 is 10.6 Å². The van der Waals surface area contributed by atoms with Crippen LogP contribution in [0.25, 0.3) is 0 Å². The summed E-state index contributed by atoms with van der Waals surface area (Å²) in [5.41, 5.74) is 0. The molecule has 3 rings (SSSR count). The number of aliphatic hydroxyl groups is 13. The summed E-state index contributed by atoms with van der Waals surface area (Å²) < 4.78 is 39.0. The average molecular weight is 925 g/mol. The van der Waals surface area contributed by atoms with Crippen molar-refractivity contribution in [3.8, 4) is 0 Å². The number of rotatable bonds is 22. The van der Waals surface area contributed by atoms with E-state index in [1.165, 1.54) is 13.8 Å². The fraction of sp³-hybridized carbons (Fsp3) is 0.886. The zero-order valence-electron chi connectivity index (χ0n) is 34.4. The van der Waals surface area contributed by atoms with Crippen LogP contribution in [0.3, 0.4) is 0 Å². The van der Waals surface area contributed by atoms with Crippen LogP contribution in [-0.4, -0.2) is 255 Å². The number of nitrogens with one attached hydrogen (secondary N) is 2. The van der Waals surface area contributed by atoms with Crippen molar-refractivity contribution in [3.05, 3.63) is 0 Å².